The molecular weight excluding hydrogens is 432 g/mol. The number of hydrogen-bond acceptors (Lipinski definition) is 7. The van der Waals surface area contributed by atoms with E-state index in [2.05, 4.69) is 35.5 Å². The monoisotopic (exact) mass is 470 g/mol. The first-order chi connectivity index (χ1) is 14.6. The summed E-state index contributed by atoms with van der Waals surface area (Å²) in [5, 5.41) is 0. The van der Waals surface area contributed by atoms with Crippen LogP contribution in [0.1, 0.15) is 59.8 Å². The first-order valence-electron chi connectivity index (χ1n) is 11.8. The molecule has 8 heteroatoms. The third-order valence-electron chi connectivity index (χ3n) is 7.51. The number of piperidine rings is 1. The van der Waals surface area contributed by atoms with Crippen molar-refractivity contribution in [1.82, 2.24) is 9.80 Å². The Bertz CT molecular complexity index is 706. The van der Waals surface area contributed by atoms with E-state index in [0.717, 1.165) is 19.4 Å². The summed E-state index contributed by atoms with van der Waals surface area (Å²) in [6.07, 6.45) is 5.16. The molecule has 0 bridgehead atoms. The SMILES string of the molecule is CCOC(=O)[C@@H]1C[C@@]23CN(C(=O)OC(C)(C)C)CC[C@@H]2CCC2(SCCCS2)[C@H]3N1C. The molecule has 3 heterocycles. The molecule has 6 nitrogen and oxygen atoms in total. The lowest BCUT2D eigenvalue weighted by atomic mass is 9.59. The van der Waals surface area contributed by atoms with E-state index in [0.29, 0.717) is 19.1 Å². The molecule has 1 amide bonds. The molecule has 0 unspecified atom stereocenters. The molecule has 4 fully saturated rings. The molecule has 4 aliphatic rings. The van der Waals surface area contributed by atoms with E-state index in [-0.39, 0.29) is 33.6 Å². The smallest absolute Gasteiger partial charge is 0.410 e. The second-order valence-corrected chi connectivity index (χ2v) is 13.7. The van der Waals surface area contributed by atoms with Crippen LogP contribution in [-0.4, -0.2) is 81.9 Å². The van der Waals surface area contributed by atoms with Crippen molar-refractivity contribution in [2.45, 2.75) is 81.6 Å². The number of amides is 1. The lowest BCUT2D eigenvalue weighted by Gasteiger charge is -2.60. The highest BCUT2D eigenvalue weighted by Gasteiger charge is 2.67. The fourth-order valence-corrected chi connectivity index (χ4v) is 10.4. The van der Waals surface area contributed by atoms with Crippen molar-refractivity contribution < 1.29 is 19.1 Å². The number of thioether (sulfide) groups is 2. The van der Waals surface area contributed by atoms with E-state index in [1.165, 1.54) is 30.8 Å². The first kappa shape index (κ1) is 23.6. The minimum atomic E-state index is -0.506. The fraction of sp³-hybridized carbons (Fsp3) is 0.913. The Morgan fingerprint density at radius 2 is 1.87 bits per heavy atom. The molecule has 0 aromatic rings. The molecule has 1 saturated carbocycles. The van der Waals surface area contributed by atoms with Crippen molar-refractivity contribution in [2.24, 2.45) is 11.3 Å². The maximum atomic E-state index is 13.0. The summed E-state index contributed by atoms with van der Waals surface area (Å²) >= 11 is 4.20. The number of carbonyl (C=O) groups excluding carboxylic acids is 2. The highest BCUT2D eigenvalue weighted by molar-refractivity contribution is 8.18. The molecule has 0 radical (unpaired) electrons. The standard InChI is InChI=1S/C23H38N2O4S2/c1-6-28-18(26)17-14-22-15-25(20(27)29-21(2,3)4)11-9-16(22)8-10-23(19(22)24(17)5)30-12-7-13-31-23/h16-17,19H,6-15H2,1-5H3/t16-,17-,19-,22+/m0/s1. The summed E-state index contributed by atoms with van der Waals surface area (Å²) in [6.45, 7) is 9.47. The van der Waals surface area contributed by atoms with E-state index in [9.17, 15) is 9.59 Å². The van der Waals surface area contributed by atoms with Gasteiger partial charge in [-0.1, -0.05) is 0 Å². The van der Waals surface area contributed by atoms with Crippen LogP contribution in [0.4, 0.5) is 4.79 Å². The van der Waals surface area contributed by atoms with Crippen LogP contribution in [0.5, 0.6) is 0 Å². The number of fused-ring (bicyclic) bond motifs is 1. The Labute approximate surface area is 195 Å². The molecule has 4 rings (SSSR count). The number of hydrogen-bond donors (Lipinski definition) is 0. The van der Waals surface area contributed by atoms with Crippen LogP contribution in [0.2, 0.25) is 0 Å². The van der Waals surface area contributed by atoms with Crippen LogP contribution in [0, 0.1) is 11.3 Å². The Hall–Kier alpha value is -0.600. The summed E-state index contributed by atoms with van der Waals surface area (Å²) in [5.41, 5.74) is -0.593. The molecular formula is C23H38N2O4S2. The van der Waals surface area contributed by atoms with Crippen molar-refractivity contribution in [3.63, 3.8) is 0 Å². The van der Waals surface area contributed by atoms with Crippen molar-refractivity contribution in [3.8, 4) is 0 Å². The lowest BCUT2D eigenvalue weighted by molar-refractivity contribution is -0.148. The molecule has 31 heavy (non-hydrogen) atoms. The van der Waals surface area contributed by atoms with Crippen LogP contribution in [0.15, 0.2) is 0 Å². The van der Waals surface area contributed by atoms with Gasteiger partial charge in [0.25, 0.3) is 0 Å². The topological polar surface area (TPSA) is 59.1 Å². The van der Waals surface area contributed by atoms with Gasteiger partial charge >= 0.3 is 12.1 Å². The summed E-state index contributed by atoms with van der Waals surface area (Å²) in [5.74, 6) is 2.78. The van der Waals surface area contributed by atoms with E-state index in [1.807, 2.05) is 32.6 Å². The predicted octanol–water partition coefficient (Wildman–Crippen LogP) is 4.23. The van der Waals surface area contributed by atoms with E-state index in [1.54, 1.807) is 0 Å². The highest BCUT2D eigenvalue weighted by Crippen LogP contribution is 2.65. The van der Waals surface area contributed by atoms with Gasteiger partial charge in [-0.2, -0.15) is 0 Å². The minimum absolute atomic E-state index is 0.0864. The van der Waals surface area contributed by atoms with Gasteiger partial charge in [0.2, 0.25) is 0 Å². The summed E-state index contributed by atoms with van der Waals surface area (Å²) in [4.78, 5) is 30.2. The molecule has 1 aliphatic carbocycles. The first-order valence-corrected chi connectivity index (χ1v) is 13.7. The van der Waals surface area contributed by atoms with Crippen molar-refractivity contribution in [1.29, 1.82) is 0 Å². The summed E-state index contributed by atoms with van der Waals surface area (Å²) < 4.78 is 11.3. The van der Waals surface area contributed by atoms with Gasteiger partial charge in [0, 0.05) is 24.5 Å². The van der Waals surface area contributed by atoms with Gasteiger partial charge in [-0.05, 0) is 84.3 Å². The van der Waals surface area contributed by atoms with Crippen LogP contribution >= 0.6 is 23.5 Å². The van der Waals surface area contributed by atoms with Crippen molar-refractivity contribution in [3.05, 3.63) is 0 Å². The second-order valence-electron chi connectivity index (χ2n) is 10.6. The summed E-state index contributed by atoms with van der Waals surface area (Å²) in [6, 6.07) is 0.0258. The molecule has 2 spiro atoms. The minimum Gasteiger partial charge on any atom is -0.465 e. The highest BCUT2D eigenvalue weighted by atomic mass is 32.2. The Morgan fingerprint density at radius 1 is 1.16 bits per heavy atom. The molecule has 176 valence electrons. The van der Waals surface area contributed by atoms with Crippen molar-refractivity contribution in [2.75, 3.05) is 38.2 Å². The third-order valence-corrected chi connectivity index (χ3v) is 11.0. The van der Waals surface area contributed by atoms with E-state index >= 15 is 0 Å². The van der Waals surface area contributed by atoms with Crippen molar-refractivity contribution >= 4 is 35.6 Å². The third kappa shape index (κ3) is 4.21. The van der Waals surface area contributed by atoms with Crippen LogP contribution in [-0.2, 0) is 14.3 Å². The zero-order valence-corrected chi connectivity index (χ0v) is 21.3. The van der Waals surface area contributed by atoms with E-state index < -0.39 is 5.60 Å². The molecule has 0 aromatic heterocycles. The molecule has 3 aliphatic heterocycles. The predicted molar refractivity (Wildman–Crippen MR) is 126 cm³/mol. The maximum Gasteiger partial charge on any atom is 0.410 e. The largest absolute Gasteiger partial charge is 0.465 e. The number of nitrogens with zero attached hydrogens (tertiary/aromatic N) is 2. The van der Waals surface area contributed by atoms with Gasteiger partial charge < -0.3 is 14.4 Å². The summed E-state index contributed by atoms with van der Waals surface area (Å²) in [7, 11) is 2.12. The Balaban J connectivity index is 1.69. The van der Waals surface area contributed by atoms with Gasteiger partial charge in [0.05, 0.1) is 10.7 Å². The van der Waals surface area contributed by atoms with Crippen LogP contribution in [0.3, 0.4) is 0 Å². The van der Waals surface area contributed by atoms with E-state index in [4.69, 9.17) is 9.47 Å². The van der Waals surface area contributed by atoms with Gasteiger partial charge in [-0.25, -0.2) is 4.79 Å². The molecule has 4 atom stereocenters. The van der Waals surface area contributed by atoms with Gasteiger partial charge in [-0.15, -0.1) is 23.5 Å². The fourth-order valence-electron chi connectivity index (χ4n) is 6.46. The maximum absolute atomic E-state index is 13.0. The number of esters is 1. The number of ether oxygens (including phenoxy) is 2. The lowest BCUT2D eigenvalue weighted by Crippen LogP contribution is -2.65. The van der Waals surface area contributed by atoms with Gasteiger partial charge in [0.1, 0.15) is 11.6 Å². The van der Waals surface area contributed by atoms with Gasteiger partial charge in [-0.3, -0.25) is 9.69 Å². The quantitative estimate of drug-likeness (QED) is 0.560. The van der Waals surface area contributed by atoms with Gasteiger partial charge in [0.15, 0.2) is 0 Å². The second kappa shape index (κ2) is 8.64. The molecule has 0 aromatic carbocycles. The molecule has 3 saturated heterocycles. The average Bonchev–Trinajstić information content (AvgIpc) is 3.01. The zero-order valence-electron chi connectivity index (χ0n) is 19.6. The van der Waals surface area contributed by atoms with Crippen LogP contribution < -0.4 is 0 Å². The number of carbonyl (C=O) groups is 2. The Kier molecular flexibility index (Phi) is 6.56. The number of likely N-dealkylation sites (N-methyl/N-ethyl adjacent to an activating group) is 1. The zero-order chi connectivity index (χ0) is 22.4. The number of rotatable bonds is 2. The average molecular weight is 471 g/mol. The number of likely N-dealkylation sites (tertiary alicyclic amines) is 2. The normalized spacial score (nSPS) is 35.4. The van der Waals surface area contributed by atoms with Crippen LogP contribution in [0.25, 0.3) is 0 Å². The molecule has 0 N–H and O–H groups in total. The Morgan fingerprint density at radius 3 is 2.52 bits per heavy atom.